The van der Waals surface area contributed by atoms with Crippen LogP contribution in [0.2, 0.25) is 0 Å². The van der Waals surface area contributed by atoms with Crippen LogP contribution in [0.15, 0.2) is 41.4 Å². The number of rotatable bonds is 6. The highest BCUT2D eigenvalue weighted by Crippen LogP contribution is 2.25. The molecule has 0 unspecified atom stereocenters. The molecule has 1 aromatic heterocycles. The standard InChI is InChI=1S/C25H33N5O2/c1-18-4-5-20(22-16-27-29(3)17-22)14-21(18)15-24(26-2)28-25(31)19-6-10-30(11-7-19)23-8-12-32-13-9-23/h4-5,14-17,19,23H,2,6-13H2,1,3H3,(H,28,31)/b24-15+. The lowest BCUT2D eigenvalue weighted by molar-refractivity contribution is -0.126. The van der Waals surface area contributed by atoms with Gasteiger partial charge in [-0.3, -0.25) is 9.48 Å². The number of nitrogens with zero attached hydrogens (tertiary/aromatic N) is 4. The second-order valence-electron chi connectivity index (χ2n) is 8.80. The van der Waals surface area contributed by atoms with Gasteiger partial charge in [0.15, 0.2) is 0 Å². The van der Waals surface area contributed by atoms with Crippen LogP contribution in [0.4, 0.5) is 0 Å². The van der Waals surface area contributed by atoms with E-state index < -0.39 is 0 Å². The van der Waals surface area contributed by atoms with Crippen LogP contribution in [-0.4, -0.2) is 59.7 Å². The average molecular weight is 436 g/mol. The summed E-state index contributed by atoms with van der Waals surface area (Å²) in [6.45, 7) is 9.37. The molecule has 2 aromatic rings. The molecular weight excluding hydrogens is 402 g/mol. The third-order valence-electron chi connectivity index (χ3n) is 6.64. The number of carbonyl (C=O) groups excluding carboxylic acids is 1. The van der Waals surface area contributed by atoms with E-state index in [2.05, 4.69) is 45.2 Å². The zero-order valence-corrected chi connectivity index (χ0v) is 19.1. The third-order valence-corrected chi connectivity index (χ3v) is 6.64. The van der Waals surface area contributed by atoms with Gasteiger partial charge in [0.2, 0.25) is 5.91 Å². The molecule has 0 bridgehead atoms. The summed E-state index contributed by atoms with van der Waals surface area (Å²) < 4.78 is 7.27. The van der Waals surface area contributed by atoms with Crippen molar-refractivity contribution in [1.29, 1.82) is 0 Å². The van der Waals surface area contributed by atoms with E-state index in [9.17, 15) is 4.79 Å². The van der Waals surface area contributed by atoms with Crippen molar-refractivity contribution >= 4 is 18.7 Å². The number of aliphatic imine (C=N–C) groups is 1. The maximum absolute atomic E-state index is 12.9. The largest absolute Gasteiger partial charge is 0.381 e. The van der Waals surface area contributed by atoms with Gasteiger partial charge in [0, 0.05) is 44.0 Å². The van der Waals surface area contributed by atoms with Crippen LogP contribution in [0, 0.1) is 12.8 Å². The van der Waals surface area contributed by atoms with E-state index in [4.69, 9.17) is 4.74 Å². The lowest BCUT2D eigenvalue weighted by Crippen LogP contribution is -2.46. The molecule has 1 amide bonds. The molecule has 170 valence electrons. The van der Waals surface area contributed by atoms with Crippen molar-refractivity contribution < 1.29 is 9.53 Å². The highest BCUT2D eigenvalue weighted by atomic mass is 16.5. The molecule has 0 atom stereocenters. The topological polar surface area (TPSA) is 71.8 Å². The summed E-state index contributed by atoms with van der Waals surface area (Å²) in [7, 11) is 1.90. The molecule has 1 N–H and O–H groups in total. The third kappa shape index (κ3) is 5.34. The first-order chi connectivity index (χ1) is 15.5. The summed E-state index contributed by atoms with van der Waals surface area (Å²) in [4.78, 5) is 19.5. The number of nitrogens with one attached hydrogen (secondary N) is 1. The zero-order chi connectivity index (χ0) is 22.5. The number of aromatic nitrogens is 2. The van der Waals surface area contributed by atoms with Gasteiger partial charge in [-0.05, 0) is 81.2 Å². The molecule has 0 spiro atoms. The van der Waals surface area contributed by atoms with E-state index in [1.54, 1.807) is 4.68 Å². The van der Waals surface area contributed by atoms with Crippen molar-refractivity contribution in [3.05, 3.63) is 47.5 Å². The summed E-state index contributed by atoms with van der Waals surface area (Å²) in [6, 6.07) is 6.85. The lowest BCUT2D eigenvalue weighted by Gasteiger charge is -2.38. The monoisotopic (exact) mass is 435 g/mol. The fourth-order valence-electron chi connectivity index (χ4n) is 4.62. The second-order valence-corrected chi connectivity index (χ2v) is 8.80. The first kappa shape index (κ1) is 22.4. The number of carbonyl (C=O) groups is 1. The Balaban J connectivity index is 1.40. The average Bonchev–Trinajstić information content (AvgIpc) is 3.26. The summed E-state index contributed by atoms with van der Waals surface area (Å²) >= 11 is 0. The molecule has 3 heterocycles. The number of benzene rings is 1. The SMILES string of the molecule is C=N/C(=C\c1cc(-c2cnn(C)c2)ccc1C)NC(=O)C1CCN(C2CCOCC2)CC1. The molecule has 2 saturated heterocycles. The van der Waals surface area contributed by atoms with Gasteiger partial charge < -0.3 is 15.0 Å². The van der Waals surface area contributed by atoms with Gasteiger partial charge in [-0.2, -0.15) is 5.10 Å². The molecule has 1 aromatic carbocycles. The molecule has 7 nitrogen and oxygen atoms in total. The van der Waals surface area contributed by atoms with E-state index >= 15 is 0 Å². The van der Waals surface area contributed by atoms with Gasteiger partial charge in [-0.25, -0.2) is 4.99 Å². The molecule has 2 aliphatic heterocycles. The Kier molecular flexibility index (Phi) is 7.17. The van der Waals surface area contributed by atoms with Crippen LogP contribution in [0.1, 0.15) is 36.8 Å². The van der Waals surface area contributed by atoms with Crippen LogP contribution in [0.3, 0.4) is 0 Å². The number of hydrogen-bond acceptors (Lipinski definition) is 5. The van der Waals surface area contributed by atoms with Crippen LogP contribution in [0.25, 0.3) is 17.2 Å². The van der Waals surface area contributed by atoms with Crippen molar-refractivity contribution in [3.8, 4) is 11.1 Å². The zero-order valence-electron chi connectivity index (χ0n) is 19.1. The first-order valence-corrected chi connectivity index (χ1v) is 11.4. The summed E-state index contributed by atoms with van der Waals surface area (Å²) in [5.41, 5.74) is 4.24. The molecule has 4 rings (SSSR count). The molecule has 2 aliphatic rings. The number of hydrogen-bond donors (Lipinski definition) is 1. The second kappa shape index (κ2) is 10.2. The highest BCUT2D eigenvalue weighted by molar-refractivity contribution is 5.82. The van der Waals surface area contributed by atoms with Crippen molar-refractivity contribution in [2.45, 2.75) is 38.6 Å². The van der Waals surface area contributed by atoms with Gasteiger partial charge in [-0.15, -0.1) is 0 Å². The minimum absolute atomic E-state index is 0.0130. The van der Waals surface area contributed by atoms with Crippen molar-refractivity contribution in [2.75, 3.05) is 26.3 Å². The van der Waals surface area contributed by atoms with Crippen LogP contribution < -0.4 is 5.32 Å². The fraction of sp³-hybridized carbons (Fsp3) is 0.480. The van der Waals surface area contributed by atoms with Gasteiger partial charge in [0.1, 0.15) is 5.82 Å². The van der Waals surface area contributed by atoms with Crippen molar-refractivity contribution in [1.82, 2.24) is 20.0 Å². The molecule has 0 saturated carbocycles. The number of likely N-dealkylation sites (tertiary alicyclic amines) is 1. The van der Waals surface area contributed by atoms with E-state index in [-0.39, 0.29) is 11.8 Å². The summed E-state index contributed by atoms with van der Waals surface area (Å²) in [5.74, 6) is 0.545. The van der Waals surface area contributed by atoms with Crippen LogP contribution in [0.5, 0.6) is 0 Å². The Hall–Kier alpha value is -2.77. The molecule has 2 fully saturated rings. The Morgan fingerprint density at radius 2 is 1.97 bits per heavy atom. The molecule has 0 radical (unpaired) electrons. The van der Waals surface area contributed by atoms with Gasteiger partial charge in [-0.1, -0.05) is 12.1 Å². The van der Waals surface area contributed by atoms with Gasteiger partial charge in [0.05, 0.1) is 6.20 Å². The maximum Gasteiger partial charge on any atom is 0.228 e. The highest BCUT2D eigenvalue weighted by Gasteiger charge is 2.29. The van der Waals surface area contributed by atoms with Crippen LogP contribution in [-0.2, 0) is 16.6 Å². The summed E-state index contributed by atoms with van der Waals surface area (Å²) in [5, 5.41) is 7.26. The van der Waals surface area contributed by atoms with E-state index in [1.807, 2.05) is 32.4 Å². The number of aryl methyl sites for hydroxylation is 2. The predicted molar refractivity (Wildman–Crippen MR) is 127 cm³/mol. The van der Waals surface area contributed by atoms with Crippen molar-refractivity contribution in [3.63, 3.8) is 0 Å². The van der Waals surface area contributed by atoms with Gasteiger partial charge in [0.25, 0.3) is 0 Å². The molecule has 32 heavy (non-hydrogen) atoms. The fourth-order valence-corrected chi connectivity index (χ4v) is 4.62. The quantitative estimate of drug-likeness (QED) is 0.706. The number of ether oxygens (including phenoxy) is 1. The van der Waals surface area contributed by atoms with Crippen molar-refractivity contribution in [2.24, 2.45) is 18.0 Å². The Labute approximate surface area is 190 Å². The van der Waals surface area contributed by atoms with Crippen LogP contribution >= 0.6 is 0 Å². The lowest BCUT2D eigenvalue weighted by atomic mass is 9.93. The Bertz CT molecular complexity index is 982. The molecule has 7 heteroatoms. The molecular formula is C25H33N5O2. The molecule has 0 aliphatic carbocycles. The Morgan fingerprint density at radius 1 is 1.22 bits per heavy atom. The van der Waals surface area contributed by atoms with Gasteiger partial charge >= 0.3 is 0 Å². The normalized spacial score (nSPS) is 19.1. The van der Waals surface area contributed by atoms with E-state index in [0.717, 1.165) is 74.2 Å². The maximum atomic E-state index is 12.9. The van der Waals surface area contributed by atoms with E-state index in [1.165, 1.54) is 0 Å². The number of piperidine rings is 1. The minimum Gasteiger partial charge on any atom is -0.381 e. The Morgan fingerprint density at radius 3 is 2.62 bits per heavy atom. The summed E-state index contributed by atoms with van der Waals surface area (Å²) in [6.07, 6.45) is 9.69. The first-order valence-electron chi connectivity index (χ1n) is 11.4. The predicted octanol–water partition coefficient (Wildman–Crippen LogP) is 3.40. The smallest absolute Gasteiger partial charge is 0.228 e. The number of amides is 1. The minimum atomic E-state index is 0.0130. The van der Waals surface area contributed by atoms with E-state index in [0.29, 0.717) is 11.9 Å².